The summed E-state index contributed by atoms with van der Waals surface area (Å²) >= 11 is 0. The number of fused-ring (bicyclic) bond motifs is 9. The minimum absolute atomic E-state index is 0.0179. The van der Waals surface area contributed by atoms with Gasteiger partial charge in [0.15, 0.2) is 0 Å². The van der Waals surface area contributed by atoms with Crippen LogP contribution in [-0.2, 0) is 24.0 Å². The molecule has 0 N–H and O–H groups in total. The first kappa shape index (κ1) is 18.0. The van der Waals surface area contributed by atoms with Crippen LogP contribution in [0.3, 0.4) is 0 Å². The molecule has 4 saturated carbocycles. The van der Waals surface area contributed by atoms with Gasteiger partial charge in [-0.3, -0.25) is 9.59 Å². The smallest absolute Gasteiger partial charge is 0.272 e. The van der Waals surface area contributed by atoms with E-state index in [1.165, 1.54) is 19.3 Å². The highest BCUT2D eigenvalue weighted by Gasteiger charge is 2.64. The van der Waals surface area contributed by atoms with Gasteiger partial charge in [0.05, 0.1) is 0 Å². The van der Waals surface area contributed by atoms with E-state index in [0.717, 1.165) is 12.3 Å². The van der Waals surface area contributed by atoms with Gasteiger partial charge in [-0.15, -0.1) is 9.35 Å². The zero-order valence-electron chi connectivity index (χ0n) is 14.9. The number of alkyl halides is 2. The quantitative estimate of drug-likeness (QED) is 0.521. The van der Waals surface area contributed by atoms with E-state index in [9.17, 15) is 26.8 Å². The summed E-state index contributed by atoms with van der Waals surface area (Å²) in [6, 6.07) is 0. The summed E-state index contributed by atoms with van der Waals surface area (Å²) in [5.74, 6) is 0.991. The average Bonchev–Trinajstić information content (AvgIpc) is 3.37. The fraction of sp³-hybridized carbons (Fsp3) is 0.889. The van der Waals surface area contributed by atoms with E-state index in [1.807, 2.05) is 0 Å². The Bertz CT molecular complexity index is 784. The van der Waals surface area contributed by atoms with Crippen molar-refractivity contribution in [1.29, 1.82) is 0 Å². The van der Waals surface area contributed by atoms with Crippen LogP contribution in [0.15, 0.2) is 0 Å². The first-order valence-electron chi connectivity index (χ1n) is 9.86. The average molecular weight is 403 g/mol. The Hall–Kier alpha value is -1.09. The highest BCUT2D eigenvalue weighted by Crippen LogP contribution is 2.69. The monoisotopic (exact) mass is 403 g/mol. The van der Waals surface area contributed by atoms with E-state index in [0.29, 0.717) is 30.1 Å². The third-order valence-electron chi connectivity index (χ3n) is 7.92. The van der Waals surface area contributed by atoms with Crippen LogP contribution in [0.2, 0.25) is 0 Å². The van der Waals surface area contributed by atoms with Crippen LogP contribution in [-0.4, -0.2) is 30.5 Å². The van der Waals surface area contributed by atoms with E-state index in [1.54, 1.807) is 0 Å². The molecule has 7 atom stereocenters. The molecule has 0 spiro atoms. The van der Waals surface area contributed by atoms with Crippen molar-refractivity contribution in [2.24, 2.45) is 41.4 Å². The van der Waals surface area contributed by atoms with Gasteiger partial charge in [-0.05, 0) is 73.5 Å². The number of carbonyl (C=O) groups is 2. The molecule has 6 nitrogen and oxygen atoms in total. The van der Waals surface area contributed by atoms with Gasteiger partial charge in [0.2, 0.25) is 0 Å². The second-order valence-corrected chi connectivity index (χ2v) is 10.7. The maximum Gasteiger partial charge on any atom is 0.372 e. The van der Waals surface area contributed by atoms with Crippen molar-refractivity contribution in [2.45, 2.75) is 56.6 Å². The number of hydroxylamine groups is 2. The molecule has 2 amide bonds. The molecule has 0 aromatic heterocycles. The zero-order chi connectivity index (χ0) is 19.1. The number of carbonyl (C=O) groups excluding carboxylic acids is 2. The van der Waals surface area contributed by atoms with Crippen molar-refractivity contribution in [3.8, 4) is 0 Å². The van der Waals surface area contributed by atoms with Crippen molar-refractivity contribution in [1.82, 2.24) is 5.06 Å². The number of rotatable bonds is 5. The molecular weight excluding hydrogens is 380 g/mol. The summed E-state index contributed by atoms with van der Waals surface area (Å²) in [7, 11) is -5.39. The molecule has 150 valence electrons. The second kappa shape index (κ2) is 5.72. The molecule has 0 aromatic rings. The maximum atomic E-state index is 14.7. The molecular formula is C18H23F2NO5S. The molecule has 0 aromatic carbocycles. The van der Waals surface area contributed by atoms with Crippen LogP contribution in [0.25, 0.3) is 0 Å². The molecule has 0 radical (unpaired) electrons. The number of hydrogen-bond acceptors (Lipinski definition) is 5. The lowest BCUT2D eigenvalue weighted by Gasteiger charge is -2.39. The zero-order valence-corrected chi connectivity index (χ0v) is 15.7. The number of hydrogen-bond donors (Lipinski definition) is 0. The first-order valence-corrected chi connectivity index (χ1v) is 11.3. The lowest BCUT2D eigenvalue weighted by Crippen LogP contribution is -2.42. The Balaban J connectivity index is 1.30. The van der Waals surface area contributed by atoms with Crippen LogP contribution >= 0.6 is 0 Å². The van der Waals surface area contributed by atoms with Gasteiger partial charge in [-0.2, -0.15) is 17.2 Å². The summed E-state index contributed by atoms with van der Waals surface area (Å²) in [5, 5.41) is -4.13. The number of amides is 2. The van der Waals surface area contributed by atoms with Gasteiger partial charge in [-0.25, -0.2) is 0 Å². The molecule has 4 bridgehead atoms. The SMILES string of the molecule is O=C1CCC(=O)N1OS(=O)(=O)C(F)(F)CC1CC2CC1C1C3CCC(C3)C21. The second-order valence-electron chi connectivity index (χ2n) is 9.10. The summed E-state index contributed by atoms with van der Waals surface area (Å²) < 4.78 is 57.8. The Morgan fingerprint density at radius 1 is 0.963 bits per heavy atom. The van der Waals surface area contributed by atoms with E-state index in [4.69, 9.17) is 0 Å². The van der Waals surface area contributed by atoms with Gasteiger partial charge in [-0.1, -0.05) is 0 Å². The van der Waals surface area contributed by atoms with Gasteiger partial charge in [0.25, 0.3) is 11.8 Å². The molecule has 5 rings (SSSR count). The van der Waals surface area contributed by atoms with Crippen LogP contribution in [0.1, 0.15) is 51.4 Å². The van der Waals surface area contributed by atoms with Crippen LogP contribution in [0.4, 0.5) is 8.78 Å². The van der Waals surface area contributed by atoms with Crippen molar-refractivity contribution < 1.29 is 31.1 Å². The Kier molecular flexibility index (Phi) is 3.81. The highest BCUT2D eigenvalue weighted by molar-refractivity contribution is 7.87. The van der Waals surface area contributed by atoms with Gasteiger partial charge >= 0.3 is 15.4 Å². The third-order valence-corrected chi connectivity index (χ3v) is 9.16. The normalized spacial score (nSPS) is 43.2. The fourth-order valence-corrected chi connectivity index (χ4v) is 8.03. The summed E-state index contributed by atoms with van der Waals surface area (Å²) in [5.41, 5.74) is 0. The molecule has 5 fully saturated rings. The standard InChI is InChI=1S/C18H23F2NO5S/c19-18(20,27(24,25)26-21-14(22)3-4-15(21)23)8-12-6-11-7-13(12)17-10-2-1-9(5-10)16(11)17/h9-13,16-17H,1-8H2. The first-order chi connectivity index (χ1) is 12.7. The molecule has 1 aliphatic heterocycles. The van der Waals surface area contributed by atoms with Crippen LogP contribution < -0.4 is 0 Å². The van der Waals surface area contributed by atoms with E-state index in [2.05, 4.69) is 4.28 Å². The summed E-state index contributed by atoms with van der Waals surface area (Å²) in [6.45, 7) is 0. The van der Waals surface area contributed by atoms with Crippen molar-refractivity contribution in [3.63, 3.8) is 0 Å². The predicted molar refractivity (Wildman–Crippen MR) is 88.2 cm³/mol. The van der Waals surface area contributed by atoms with Crippen molar-refractivity contribution in [3.05, 3.63) is 0 Å². The topological polar surface area (TPSA) is 80.8 Å². The van der Waals surface area contributed by atoms with Gasteiger partial charge < -0.3 is 0 Å². The van der Waals surface area contributed by atoms with Gasteiger partial charge in [0.1, 0.15) is 0 Å². The predicted octanol–water partition coefficient (Wildman–Crippen LogP) is 2.70. The largest absolute Gasteiger partial charge is 0.372 e. The lowest BCUT2D eigenvalue weighted by atomic mass is 9.67. The molecule has 7 unspecified atom stereocenters. The Morgan fingerprint density at radius 2 is 1.59 bits per heavy atom. The molecule has 4 aliphatic carbocycles. The molecule has 5 aliphatic rings. The van der Waals surface area contributed by atoms with Crippen LogP contribution in [0, 0.1) is 41.4 Å². The molecule has 9 heteroatoms. The summed E-state index contributed by atoms with van der Waals surface area (Å²) in [4.78, 5) is 23.0. The van der Waals surface area contributed by atoms with Crippen molar-refractivity contribution in [2.75, 3.05) is 0 Å². The summed E-state index contributed by atoms with van der Waals surface area (Å²) in [6.07, 6.45) is 4.01. The van der Waals surface area contributed by atoms with E-state index >= 15 is 0 Å². The van der Waals surface area contributed by atoms with E-state index in [-0.39, 0.29) is 29.7 Å². The number of halogens is 2. The van der Waals surface area contributed by atoms with Gasteiger partial charge in [0, 0.05) is 19.3 Å². The highest BCUT2D eigenvalue weighted by atomic mass is 32.2. The third kappa shape index (κ3) is 2.53. The number of nitrogens with zero attached hydrogens (tertiary/aromatic N) is 1. The molecule has 1 saturated heterocycles. The fourth-order valence-electron chi connectivity index (χ4n) is 7.14. The minimum atomic E-state index is -5.39. The molecule has 1 heterocycles. The van der Waals surface area contributed by atoms with Crippen molar-refractivity contribution >= 4 is 21.9 Å². The number of imide groups is 1. The Morgan fingerprint density at radius 3 is 2.26 bits per heavy atom. The maximum absolute atomic E-state index is 14.7. The molecule has 27 heavy (non-hydrogen) atoms. The lowest BCUT2D eigenvalue weighted by molar-refractivity contribution is -0.165. The van der Waals surface area contributed by atoms with E-state index < -0.39 is 33.6 Å². The van der Waals surface area contributed by atoms with Crippen LogP contribution in [0.5, 0.6) is 0 Å². The minimum Gasteiger partial charge on any atom is -0.272 e. The Labute approximate surface area is 156 Å².